The topological polar surface area (TPSA) is 75.7 Å². The van der Waals surface area contributed by atoms with Gasteiger partial charge in [0.1, 0.15) is 11.3 Å². The molecule has 6 nitrogen and oxygen atoms in total. The molecule has 0 spiro atoms. The number of aryl methyl sites for hydroxylation is 2. The van der Waals surface area contributed by atoms with Crippen molar-refractivity contribution in [2.45, 2.75) is 19.9 Å². The van der Waals surface area contributed by atoms with Crippen molar-refractivity contribution < 1.29 is 13.6 Å². The van der Waals surface area contributed by atoms with Crippen LogP contribution in [0.2, 0.25) is 0 Å². The predicted molar refractivity (Wildman–Crippen MR) is 99.4 cm³/mol. The number of hydrogen-bond donors (Lipinski definition) is 1. The molecule has 0 aliphatic heterocycles. The van der Waals surface area contributed by atoms with Crippen molar-refractivity contribution in [1.29, 1.82) is 0 Å². The van der Waals surface area contributed by atoms with Gasteiger partial charge in [0.15, 0.2) is 11.2 Å². The third-order valence-electron chi connectivity index (χ3n) is 4.33. The summed E-state index contributed by atoms with van der Waals surface area (Å²) < 4.78 is 11.2. The Bertz CT molecular complexity index is 987. The molecule has 6 heteroatoms. The zero-order chi connectivity index (χ0) is 18.8. The Morgan fingerprint density at radius 3 is 2.65 bits per heavy atom. The van der Waals surface area contributed by atoms with Gasteiger partial charge in [0.2, 0.25) is 0 Å². The van der Waals surface area contributed by atoms with Gasteiger partial charge < -0.3 is 14.2 Å². The standard InChI is InChI=1S/C20H22N2O4/c1-12-8-13(2)19-14(9-12)16(23)10-18(26-19)20(24)21-11-15(22(3)4)17-6-5-7-25-17/h5-10,15H,11H2,1-4H3,(H,21,24). The fourth-order valence-electron chi connectivity index (χ4n) is 3.02. The number of fused-ring (bicyclic) bond motifs is 1. The molecule has 0 aliphatic carbocycles. The molecular weight excluding hydrogens is 332 g/mol. The van der Waals surface area contributed by atoms with Crippen molar-refractivity contribution in [3.63, 3.8) is 0 Å². The highest BCUT2D eigenvalue weighted by Crippen LogP contribution is 2.20. The van der Waals surface area contributed by atoms with Gasteiger partial charge in [-0.15, -0.1) is 0 Å². The SMILES string of the molecule is Cc1cc(C)c2oc(C(=O)NCC(c3ccco3)N(C)C)cc(=O)c2c1. The number of carbonyl (C=O) groups is 1. The van der Waals surface area contributed by atoms with E-state index in [2.05, 4.69) is 5.32 Å². The fourth-order valence-corrected chi connectivity index (χ4v) is 3.02. The quantitative estimate of drug-likeness (QED) is 0.762. The summed E-state index contributed by atoms with van der Waals surface area (Å²) in [6.45, 7) is 4.11. The molecule has 3 aromatic rings. The molecular formula is C20H22N2O4. The minimum Gasteiger partial charge on any atom is -0.468 e. The summed E-state index contributed by atoms with van der Waals surface area (Å²) in [5, 5.41) is 3.31. The van der Waals surface area contributed by atoms with Gasteiger partial charge in [-0.25, -0.2) is 0 Å². The van der Waals surface area contributed by atoms with Gasteiger partial charge in [-0.3, -0.25) is 14.5 Å². The van der Waals surface area contributed by atoms with Gasteiger partial charge in [-0.05, 0) is 57.3 Å². The highest BCUT2D eigenvalue weighted by Gasteiger charge is 2.20. The Kier molecular flexibility index (Phi) is 4.95. The maximum absolute atomic E-state index is 12.5. The summed E-state index contributed by atoms with van der Waals surface area (Å²) in [6, 6.07) is 8.49. The van der Waals surface area contributed by atoms with Gasteiger partial charge in [-0.1, -0.05) is 6.07 Å². The lowest BCUT2D eigenvalue weighted by Gasteiger charge is -2.22. The van der Waals surface area contributed by atoms with Crippen molar-refractivity contribution in [1.82, 2.24) is 10.2 Å². The van der Waals surface area contributed by atoms with Gasteiger partial charge in [0.25, 0.3) is 5.91 Å². The average Bonchev–Trinajstić information content (AvgIpc) is 3.09. The van der Waals surface area contributed by atoms with Crippen molar-refractivity contribution >= 4 is 16.9 Å². The van der Waals surface area contributed by atoms with Gasteiger partial charge in [0.05, 0.1) is 17.7 Å². The zero-order valence-electron chi connectivity index (χ0n) is 15.3. The van der Waals surface area contributed by atoms with E-state index in [1.54, 1.807) is 18.4 Å². The summed E-state index contributed by atoms with van der Waals surface area (Å²) in [7, 11) is 3.81. The first-order valence-electron chi connectivity index (χ1n) is 8.40. The van der Waals surface area contributed by atoms with Crippen LogP contribution in [0.3, 0.4) is 0 Å². The summed E-state index contributed by atoms with van der Waals surface area (Å²) in [6.07, 6.45) is 1.60. The number of carbonyl (C=O) groups excluding carboxylic acids is 1. The van der Waals surface area contributed by atoms with Crippen molar-refractivity contribution in [2.75, 3.05) is 20.6 Å². The highest BCUT2D eigenvalue weighted by molar-refractivity contribution is 5.93. The lowest BCUT2D eigenvalue weighted by molar-refractivity contribution is 0.0912. The Hall–Kier alpha value is -2.86. The molecule has 2 aromatic heterocycles. The van der Waals surface area contributed by atoms with Crippen LogP contribution >= 0.6 is 0 Å². The number of rotatable bonds is 5. The van der Waals surface area contributed by atoms with Gasteiger partial charge >= 0.3 is 0 Å². The van der Waals surface area contributed by atoms with Crippen LogP contribution in [0.15, 0.2) is 50.2 Å². The average molecular weight is 354 g/mol. The molecule has 0 saturated heterocycles. The van der Waals surface area contributed by atoms with E-state index < -0.39 is 5.91 Å². The van der Waals surface area contributed by atoms with E-state index in [4.69, 9.17) is 8.83 Å². The van der Waals surface area contributed by atoms with Crippen molar-refractivity contribution in [3.05, 3.63) is 69.5 Å². The molecule has 0 fully saturated rings. The lowest BCUT2D eigenvalue weighted by Crippen LogP contribution is -2.34. The molecule has 136 valence electrons. The molecule has 0 bridgehead atoms. The number of benzene rings is 1. The third-order valence-corrected chi connectivity index (χ3v) is 4.33. The second-order valence-corrected chi connectivity index (χ2v) is 6.64. The summed E-state index contributed by atoms with van der Waals surface area (Å²) in [5.41, 5.74) is 2.03. The number of likely N-dealkylation sites (N-methyl/N-ethyl adjacent to an activating group) is 1. The van der Waals surface area contributed by atoms with Gasteiger partial charge in [0, 0.05) is 12.6 Å². The first-order chi connectivity index (χ1) is 12.4. The van der Waals surface area contributed by atoms with E-state index in [1.807, 2.05) is 45.0 Å². The Morgan fingerprint density at radius 1 is 1.23 bits per heavy atom. The number of nitrogens with one attached hydrogen (secondary N) is 1. The number of furan rings is 1. The largest absolute Gasteiger partial charge is 0.468 e. The zero-order valence-corrected chi connectivity index (χ0v) is 15.3. The van der Waals surface area contributed by atoms with Crippen LogP contribution in [-0.4, -0.2) is 31.4 Å². The van der Waals surface area contributed by atoms with Crippen molar-refractivity contribution in [3.8, 4) is 0 Å². The van der Waals surface area contributed by atoms with Crippen LogP contribution in [0.1, 0.15) is 33.5 Å². The second kappa shape index (κ2) is 7.17. The Balaban J connectivity index is 1.85. The molecule has 1 amide bonds. The maximum atomic E-state index is 12.5. The highest BCUT2D eigenvalue weighted by atomic mass is 16.3. The van der Waals surface area contributed by atoms with E-state index in [9.17, 15) is 9.59 Å². The van der Waals surface area contributed by atoms with E-state index in [0.29, 0.717) is 17.5 Å². The maximum Gasteiger partial charge on any atom is 0.287 e. The first-order valence-corrected chi connectivity index (χ1v) is 8.40. The van der Waals surface area contributed by atoms with Crippen LogP contribution in [0.5, 0.6) is 0 Å². The summed E-state index contributed by atoms with van der Waals surface area (Å²) in [5.74, 6) is 0.329. The van der Waals surface area contributed by atoms with Crippen LogP contribution in [-0.2, 0) is 0 Å². The first kappa shape index (κ1) is 17.9. The van der Waals surface area contributed by atoms with E-state index >= 15 is 0 Å². The molecule has 1 N–H and O–H groups in total. The fraction of sp³-hybridized carbons (Fsp3) is 0.300. The monoisotopic (exact) mass is 354 g/mol. The minimum atomic E-state index is -0.428. The second-order valence-electron chi connectivity index (χ2n) is 6.64. The molecule has 3 rings (SSSR count). The van der Waals surface area contributed by atoms with Crippen LogP contribution in [0.25, 0.3) is 11.0 Å². The number of nitrogens with zero attached hydrogens (tertiary/aromatic N) is 1. The Morgan fingerprint density at radius 2 is 2.00 bits per heavy atom. The van der Waals surface area contributed by atoms with Crippen LogP contribution in [0, 0.1) is 13.8 Å². The molecule has 1 atom stereocenters. The van der Waals surface area contributed by atoms with E-state index in [1.165, 1.54) is 6.07 Å². The van der Waals surface area contributed by atoms with Crippen LogP contribution in [0.4, 0.5) is 0 Å². The Labute approximate surface area is 151 Å². The molecule has 0 saturated carbocycles. The molecule has 1 aromatic carbocycles. The number of amides is 1. The normalized spacial score (nSPS) is 12.5. The minimum absolute atomic E-state index is 0.00593. The smallest absolute Gasteiger partial charge is 0.287 e. The van der Waals surface area contributed by atoms with E-state index in [0.717, 1.165) is 16.9 Å². The third kappa shape index (κ3) is 3.55. The molecule has 1 unspecified atom stereocenters. The van der Waals surface area contributed by atoms with Crippen molar-refractivity contribution in [2.24, 2.45) is 0 Å². The summed E-state index contributed by atoms with van der Waals surface area (Å²) >= 11 is 0. The van der Waals surface area contributed by atoms with Gasteiger partial charge in [-0.2, -0.15) is 0 Å². The lowest BCUT2D eigenvalue weighted by atomic mass is 10.1. The predicted octanol–water partition coefficient (Wildman–Crippen LogP) is 3.04. The molecule has 26 heavy (non-hydrogen) atoms. The summed E-state index contributed by atoms with van der Waals surface area (Å²) in [4.78, 5) is 26.8. The van der Waals surface area contributed by atoms with E-state index in [-0.39, 0.29) is 17.2 Å². The van der Waals surface area contributed by atoms with Crippen LogP contribution < -0.4 is 10.7 Å². The molecule has 2 heterocycles. The molecule has 0 radical (unpaired) electrons. The number of hydrogen-bond acceptors (Lipinski definition) is 5. The molecule has 0 aliphatic rings.